The second-order valence-corrected chi connectivity index (χ2v) is 5.74. The monoisotopic (exact) mass is 262 g/mol. The fraction of sp³-hybridized carbons (Fsp3) is 0.600. The second kappa shape index (κ2) is 4.11. The van der Waals surface area contributed by atoms with Crippen molar-refractivity contribution < 1.29 is 5.11 Å². The van der Waals surface area contributed by atoms with Crippen LogP contribution in [0.3, 0.4) is 0 Å². The van der Waals surface area contributed by atoms with Crippen molar-refractivity contribution >= 4 is 27.3 Å². The zero-order valence-corrected chi connectivity index (χ0v) is 10.6. The Morgan fingerprint density at radius 3 is 2.62 bits per heavy atom. The summed E-state index contributed by atoms with van der Waals surface area (Å²) in [6.07, 6.45) is 0.798. The molecule has 1 N–H and O–H groups in total. The Balaban J connectivity index is 2.87. The molecule has 13 heavy (non-hydrogen) atoms. The average molecular weight is 263 g/mol. The van der Waals surface area contributed by atoms with Gasteiger partial charge in [0.25, 0.3) is 0 Å². The molecule has 0 saturated heterocycles. The third kappa shape index (κ3) is 2.79. The maximum absolute atomic E-state index is 10.2. The lowest BCUT2D eigenvalue weighted by Crippen LogP contribution is -2.22. The van der Waals surface area contributed by atoms with Crippen molar-refractivity contribution in [3.05, 3.63) is 20.8 Å². The minimum absolute atomic E-state index is 0.504. The number of rotatable bonds is 3. The lowest BCUT2D eigenvalue weighted by molar-refractivity contribution is 0.0379. The summed E-state index contributed by atoms with van der Waals surface area (Å²) in [5.74, 6) is 0.504. The number of hydrogen-bond donors (Lipinski definition) is 1. The minimum atomic E-state index is -0.693. The predicted octanol–water partition coefficient (Wildman–Crippen LogP) is 3.76. The van der Waals surface area contributed by atoms with Crippen LogP contribution in [-0.2, 0) is 5.60 Å². The Morgan fingerprint density at radius 1 is 1.62 bits per heavy atom. The van der Waals surface area contributed by atoms with Crippen LogP contribution in [0.1, 0.15) is 32.1 Å². The summed E-state index contributed by atoms with van der Waals surface area (Å²) < 4.78 is 1.02. The van der Waals surface area contributed by atoms with Gasteiger partial charge in [-0.25, -0.2) is 0 Å². The number of thiophene rings is 1. The maximum atomic E-state index is 10.2. The number of aliphatic hydroxyl groups is 1. The number of hydrogen-bond acceptors (Lipinski definition) is 2. The van der Waals surface area contributed by atoms with E-state index in [1.165, 1.54) is 0 Å². The summed E-state index contributed by atoms with van der Waals surface area (Å²) in [6, 6.07) is 1.98. The summed E-state index contributed by atoms with van der Waals surface area (Å²) in [5, 5.41) is 12.2. The molecule has 0 bridgehead atoms. The molecule has 0 aliphatic carbocycles. The van der Waals surface area contributed by atoms with Gasteiger partial charge in [-0.05, 0) is 46.6 Å². The van der Waals surface area contributed by atoms with E-state index in [0.29, 0.717) is 5.92 Å². The largest absolute Gasteiger partial charge is 0.385 e. The van der Waals surface area contributed by atoms with E-state index in [1.807, 2.05) is 18.4 Å². The van der Waals surface area contributed by atoms with Crippen LogP contribution in [-0.4, -0.2) is 5.11 Å². The molecule has 1 aromatic heterocycles. The maximum Gasteiger partial charge on any atom is 0.0973 e. The topological polar surface area (TPSA) is 20.2 Å². The molecule has 1 atom stereocenters. The van der Waals surface area contributed by atoms with Crippen molar-refractivity contribution in [2.75, 3.05) is 0 Å². The molecule has 1 nitrogen and oxygen atoms in total. The van der Waals surface area contributed by atoms with E-state index in [0.717, 1.165) is 15.8 Å². The zero-order chi connectivity index (χ0) is 10.1. The summed E-state index contributed by atoms with van der Waals surface area (Å²) in [5.41, 5.74) is -0.693. The van der Waals surface area contributed by atoms with Gasteiger partial charge in [-0.3, -0.25) is 0 Å². The van der Waals surface area contributed by atoms with E-state index >= 15 is 0 Å². The van der Waals surface area contributed by atoms with Gasteiger partial charge in [0.15, 0.2) is 0 Å². The third-order valence-corrected chi connectivity index (χ3v) is 4.00. The molecule has 0 amide bonds. The molecule has 0 fully saturated rings. The van der Waals surface area contributed by atoms with Crippen LogP contribution < -0.4 is 0 Å². The van der Waals surface area contributed by atoms with Crippen LogP contribution in [0.25, 0.3) is 0 Å². The molecule has 0 saturated carbocycles. The molecule has 0 spiro atoms. The van der Waals surface area contributed by atoms with Gasteiger partial charge in [0, 0.05) is 9.35 Å². The van der Waals surface area contributed by atoms with E-state index < -0.39 is 5.60 Å². The molecule has 0 radical (unpaired) electrons. The normalized spacial score (nSPS) is 16.2. The van der Waals surface area contributed by atoms with Gasteiger partial charge >= 0.3 is 0 Å². The van der Waals surface area contributed by atoms with E-state index in [9.17, 15) is 5.11 Å². The van der Waals surface area contributed by atoms with Crippen LogP contribution in [0.15, 0.2) is 15.9 Å². The highest BCUT2D eigenvalue weighted by molar-refractivity contribution is 9.10. The standard InChI is InChI=1S/C10H15BrOS/c1-7(2)6-10(3,12)9-8(11)4-5-13-9/h4-5,7,12H,6H2,1-3H3. The van der Waals surface area contributed by atoms with Crippen molar-refractivity contribution in [3.8, 4) is 0 Å². The van der Waals surface area contributed by atoms with E-state index in [4.69, 9.17) is 0 Å². The van der Waals surface area contributed by atoms with Crippen LogP contribution >= 0.6 is 27.3 Å². The van der Waals surface area contributed by atoms with E-state index in [2.05, 4.69) is 29.8 Å². The van der Waals surface area contributed by atoms with E-state index in [1.54, 1.807) is 11.3 Å². The summed E-state index contributed by atoms with van der Waals surface area (Å²) in [6.45, 7) is 6.12. The highest BCUT2D eigenvalue weighted by atomic mass is 79.9. The second-order valence-electron chi connectivity index (χ2n) is 3.97. The Bertz CT molecular complexity index is 278. The van der Waals surface area contributed by atoms with E-state index in [-0.39, 0.29) is 0 Å². The highest BCUT2D eigenvalue weighted by Crippen LogP contribution is 2.36. The van der Waals surface area contributed by atoms with Gasteiger partial charge in [0.05, 0.1) is 5.60 Å². The lowest BCUT2D eigenvalue weighted by Gasteiger charge is -2.24. The molecule has 3 heteroatoms. The first-order valence-electron chi connectivity index (χ1n) is 4.39. The van der Waals surface area contributed by atoms with Crippen molar-refractivity contribution in [2.45, 2.75) is 32.8 Å². The fourth-order valence-corrected chi connectivity index (χ4v) is 3.44. The van der Waals surface area contributed by atoms with Gasteiger partial charge in [0.1, 0.15) is 0 Å². The highest BCUT2D eigenvalue weighted by Gasteiger charge is 2.27. The van der Waals surface area contributed by atoms with Crippen molar-refractivity contribution in [1.82, 2.24) is 0 Å². The molecular weight excluding hydrogens is 248 g/mol. The Kier molecular flexibility index (Phi) is 3.55. The molecule has 0 aliphatic rings. The van der Waals surface area contributed by atoms with Crippen LogP contribution in [0, 0.1) is 5.92 Å². The molecule has 1 aromatic rings. The third-order valence-electron chi connectivity index (χ3n) is 1.91. The Labute approximate surface area is 91.9 Å². The Hall–Kier alpha value is 0.140. The lowest BCUT2D eigenvalue weighted by atomic mass is 9.93. The van der Waals surface area contributed by atoms with Crippen molar-refractivity contribution in [1.29, 1.82) is 0 Å². The van der Waals surface area contributed by atoms with Crippen LogP contribution in [0.2, 0.25) is 0 Å². The molecule has 1 rings (SSSR count). The molecule has 74 valence electrons. The first-order chi connectivity index (χ1) is 5.93. The molecule has 0 aromatic carbocycles. The smallest absolute Gasteiger partial charge is 0.0973 e. The average Bonchev–Trinajstić information content (AvgIpc) is 2.32. The molecule has 0 aliphatic heterocycles. The quantitative estimate of drug-likeness (QED) is 0.880. The van der Waals surface area contributed by atoms with Gasteiger partial charge in [-0.15, -0.1) is 11.3 Å². The minimum Gasteiger partial charge on any atom is -0.385 e. The molecule has 1 unspecified atom stereocenters. The molecular formula is C10H15BrOS. The zero-order valence-electron chi connectivity index (χ0n) is 8.17. The van der Waals surface area contributed by atoms with Gasteiger partial charge in [-0.1, -0.05) is 13.8 Å². The van der Waals surface area contributed by atoms with Crippen LogP contribution in [0.5, 0.6) is 0 Å². The van der Waals surface area contributed by atoms with Gasteiger partial charge in [0.2, 0.25) is 0 Å². The predicted molar refractivity (Wildman–Crippen MR) is 61.0 cm³/mol. The summed E-state index contributed by atoms with van der Waals surface area (Å²) in [7, 11) is 0. The van der Waals surface area contributed by atoms with Crippen LogP contribution in [0.4, 0.5) is 0 Å². The first-order valence-corrected chi connectivity index (χ1v) is 6.06. The summed E-state index contributed by atoms with van der Waals surface area (Å²) >= 11 is 5.04. The number of halogens is 1. The SMILES string of the molecule is CC(C)CC(C)(O)c1sccc1Br. The van der Waals surface area contributed by atoms with Gasteiger partial charge in [-0.2, -0.15) is 0 Å². The van der Waals surface area contributed by atoms with Crippen molar-refractivity contribution in [2.24, 2.45) is 5.92 Å². The first kappa shape index (κ1) is 11.2. The molecule has 1 heterocycles. The Morgan fingerprint density at radius 2 is 2.23 bits per heavy atom. The fourth-order valence-electron chi connectivity index (χ4n) is 1.57. The van der Waals surface area contributed by atoms with Crippen molar-refractivity contribution in [3.63, 3.8) is 0 Å². The summed E-state index contributed by atoms with van der Waals surface area (Å²) in [4.78, 5) is 1.03. The van der Waals surface area contributed by atoms with Gasteiger partial charge < -0.3 is 5.11 Å².